The van der Waals surface area contributed by atoms with Crippen molar-refractivity contribution < 1.29 is 14.3 Å². The minimum atomic E-state index is -0.333. The van der Waals surface area contributed by atoms with Crippen LogP contribution in [0.2, 0.25) is 5.02 Å². The third kappa shape index (κ3) is 2.86. The summed E-state index contributed by atoms with van der Waals surface area (Å²) in [4.78, 5) is 12.2. The number of ether oxygens (including phenoxy) is 2. The summed E-state index contributed by atoms with van der Waals surface area (Å²) in [6, 6.07) is 1.93. The Kier molecular flexibility index (Phi) is 4.70. The Hall–Kier alpha value is -1.22. The van der Waals surface area contributed by atoms with Gasteiger partial charge in [-0.2, -0.15) is 0 Å². The molecular weight excluding hydrogens is 264 g/mol. The van der Waals surface area contributed by atoms with Crippen molar-refractivity contribution in [2.24, 2.45) is 0 Å². The lowest BCUT2D eigenvalue weighted by molar-refractivity contribution is 0.0521. The van der Waals surface area contributed by atoms with Crippen molar-refractivity contribution in [3.8, 4) is 5.75 Å². The summed E-state index contributed by atoms with van der Waals surface area (Å²) in [6.07, 6.45) is 5.25. The fourth-order valence-corrected chi connectivity index (χ4v) is 2.95. The van der Waals surface area contributed by atoms with E-state index >= 15 is 0 Å². The van der Waals surface area contributed by atoms with Gasteiger partial charge in [-0.25, -0.2) is 4.79 Å². The quantitative estimate of drug-likeness (QED) is 0.625. The molecule has 0 amide bonds. The average molecular weight is 283 g/mol. The number of methoxy groups -OCH3 is 1. The zero-order chi connectivity index (χ0) is 13.8. The first-order chi connectivity index (χ1) is 9.19. The molecule has 19 heavy (non-hydrogen) atoms. The summed E-state index contributed by atoms with van der Waals surface area (Å²) in [5, 5.41) is 0.492. The molecule has 0 atom stereocenters. The second-order valence-electron chi connectivity index (χ2n) is 4.69. The van der Waals surface area contributed by atoms with Crippen LogP contribution in [-0.2, 0) is 17.6 Å². The highest BCUT2D eigenvalue weighted by molar-refractivity contribution is 6.32. The van der Waals surface area contributed by atoms with Crippen LogP contribution in [0, 0.1) is 0 Å². The van der Waals surface area contributed by atoms with Crippen LogP contribution in [-0.4, -0.2) is 19.7 Å². The largest absolute Gasteiger partial charge is 0.494 e. The third-order valence-corrected chi connectivity index (χ3v) is 3.77. The molecule has 0 unspecified atom stereocenters. The number of carbonyl (C=O) groups excluding carboxylic acids is 1. The molecule has 0 saturated carbocycles. The Morgan fingerprint density at radius 1 is 1.32 bits per heavy atom. The zero-order valence-corrected chi connectivity index (χ0v) is 12.2. The number of aryl methyl sites for hydroxylation is 1. The lowest BCUT2D eigenvalue weighted by Gasteiger charge is -2.17. The van der Waals surface area contributed by atoms with E-state index in [9.17, 15) is 4.79 Å². The monoisotopic (exact) mass is 282 g/mol. The molecule has 2 rings (SSSR count). The highest BCUT2D eigenvalue weighted by Crippen LogP contribution is 2.37. The van der Waals surface area contributed by atoms with E-state index < -0.39 is 0 Å². The maximum atomic E-state index is 12.2. The molecule has 1 aliphatic carbocycles. The lowest BCUT2D eigenvalue weighted by Crippen LogP contribution is -2.12. The molecule has 1 aromatic carbocycles. The SMILES string of the molecule is CCOC(=O)c1c2c(cc(Cl)c1OC)CCCCC2. The molecule has 1 aromatic rings. The fraction of sp³-hybridized carbons (Fsp3) is 0.533. The standard InChI is InChI=1S/C15H19ClO3/c1-3-19-15(17)13-11-8-6-4-5-7-10(11)9-12(16)14(13)18-2/h9H,3-8H2,1-2H3. The number of halogens is 1. The second kappa shape index (κ2) is 6.29. The number of fused-ring (bicyclic) bond motifs is 1. The maximum absolute atomic E-state index is 12.2. The minimum absolute atomic E-state index is 0.333. The van der Waals surface area contributed by atoms with Gasteiger partial charge in [0.2, 0.25) is 0 Å². The molecule has 0 bridgehead atoms. The summed E-state index contributed by atoms with van der Waals surface area (Å²) >= 11 is 6.23. The molecular formula is C15H19ClO3. The average Bonchev–Trinajstić information content (AvgIpc) is 2.62. The Labute approximate surface area is 118 Å². The number of carbonyl (C=O) groups is 1. The van der Waals surface area contributed by atoms with Gasteiger partial charge in [0.05, 0.1) is 18.7 Å². The lowest BCUT2D eigenvalue weighted by atomic mass is 9.96. The Balaban J connectivity index is 2.58. The number of hydrogen-bond acceptors (Lipinski definition) is 3. The van der Waals surface area contributed by atoms with Gasteiger partial charge in [-0.1, -0.05) is 18.0 Å². The number of benzene rings is 1. The van der Waals surface area contributed by atoms with E-state index in [1.807, 2.05) is 6.07 Å². The van der Waals surface area contributed by atoms with Gasteiger partial charge in [0.15, 0.2) is 5.75 Å². The summed E-state index contributed by atoms with van der Waals surface area (Å²) in [5.74, 6) is 0.112. The van der Waals surface area contributed by atoms with Crippen LogP contribution in [0.15, 0.2) is 6.07 Å². The van der Waals surface area contributed by atoms with E-state index in [0.717, 1.165) is 36.8 Å². The van der Waals surface area contributed by atoms with Crippen molar-refractivity contribution in [2.45, 2.75) is 39.0 Å². The van der Waals surface area contributed by atoms with Gasteiger partial charge in [0.25, 0.3) is 0 Å². The second-order valence-corrected chi connectivity index (χ2v) is 5.09. The first-order valence-electron chi connectivity index (χ1n) is 6.74. The molecule has 0 heterocycles. The smallest absolute Gasteiger partial charge is 0.342 e. The van der Waals surface area contributed by atoms with Gasteiger partial charge in [-0.3, -0.25) is 0 Å². The van der Waals surface area contributed by atoms with E-state index in [-0.39, 0.29) is 5.97 Å². The topological polar surface area (TPSA) is 35.5 Å². The maximum Gasteiger partial charge on any atom is 0.342 e. The van der Waals surface area contributed by atoms with E-state index in [1.54, 1.807) is 6.92 Å². The molecule has 0 aliphatic heterocycles. The van der Waals surface area contributed by atoms with Crippen molar-refractivity contribution in [3.05, 3.63) is 27.8 Å². The van der Waals surface area contributed by atoms with Crippen LogP contribution in [0.1, 0.15) is 47.7 Å². The summed E-state index contributed by atoms with van der Waals surface area (Å²) in [6.45, 7) is 2.15. The third-order valence-electron chi connectivity index (χ3n) is 3.49. The Morgan fingerprint density at radius 2 is 2.05 bits per heavy atom. The molecule has 104 valence electrons. The number of hydrogen-bond donors (Lipinski definition) is 0. The minimum Gasteiger partial charge on any atom is -0.494 e. The predicted molar refractivity (Wildman–Crippen MR) is 75.2 cm³/mol. The highest BCUT2D eigenvalue weighted by atomic mass is 35.5. The molecule has 3 nitrogen and oxygen atoms in total. The van der Waals surface area contributed by atoms with Crippen LogP contribution < -0.4 is 4.74 Å². The van der Waals surface area contributed by atoms with Crippen LogP contribution in [0.3, 0.4) is 0 Å². The van der Waals surface area contributed by atoms with Crippen LogP contribution in [0.4, 0.5) is 0 Å². The van der Waals surface area contributed by atoms with Crippen molar-refractivity contribution in [1.82, 2.24) is 0 Å². The van der Waals surface area contributed by atoms with Gasteiger partial charge in [0.1, 0.15) is 5.56 Å². The summed E-state index contributed by atoms with van der Waals surface area (Å²) < 4.78 is 10.5. The summed E-state index contributed by atoms with van der Waals surface area (Å²) in [5.41, 5.74) is 2.73. The predicted octanol–water partition coefficient (Wildman–Crippen LogP) is 3.79. The number of rotatable bonds is 3. The van der Waals surface area contributed by atoms with Crippen molar-refractivity contribution in [3.63, 3.8) is 0 Å². The van der Waals surface area contributed by atoms with Crippen molar-refractivity contribution in [2.75, 3.05) is 13.7 Å². The molecule has 0 spiro atoms. The first-order valence-corrected chi connectivity index (χ1v) is 7.12. The molecule has 0 N–H and O–H groups in total. The van der Waals surface area contributed by atoms with Gasteiger partial charge in [-0.05, 0) is 49.8 Å². The molecule has 0 radical (unpaired) electrons. The molecule has 4 heteroatoms. The normalized spacial score (nSPS) is 14.5. The van der Waals surface area contributed by atoms with Crippen molar-refractivity contribution in [1.29, 1.82) is 0 Å². The van der Waals surface area contributed by atoms with Gasteiger partial charge in [0, 0.05) is 0 Å². The first kappa shape index (κ1) is 14.2. The molecule has 1 aliphatic rings. The van der Waals surface area contributed by atoms with Crippen LogP contribution in [0.5, 0.6) is 5.75 Å². The van der Waals surface area contributed by atoms with E-state index in [2.05, 4.69) is 0 Å². The molecule has 0 aromatic heterocycles. The van der Waals surface area contributed by atoms with Crippen molar-refractivity contribution >= 4 is 17.6 Å². The zero-order valence-electron chi connectivity index (χ0n) is 11.4. The van der Waals surface area contributed by atoms with Gasteiger partial charge in [-0.15, -0.1) is 0 Å². The fourth-order valence-electron chi connectivity index (χ4n) is 2.64. The van der Waals surface area contributed by atoms with E-state index in [4.69, 9.17) is 21.1 Å². The van der Waals surface area contributed by atoms with E-state index in [0.29, 0.717) is 22.9 Å². The summed E-state index contributed by atoms with van der Waals surface area (Å²) in [7, 11) is 1.53. The van der Waals surface area contributed by atoms with Gasteiger partial charge < -0.3 is 9.47 Å². The van der Waals surface area contributed by atoms with Crippen LogP contribution >= 0.6 is 11.6 Å². The Morgan fingerprint density at radius 3 is 2.74 bits per heavy atom. The Bertz CT molecular complexity index is 483. The van der Waals surface area contributed by atoms with E-state index in [1.165, 1.54) is 13.5 Å². The molecule has 0 saturated heterocycles. The highest BCUT2D eigenvalue weighted by Gasteiger charge is 2.25. The molecule has 0 fully saturated rings. The van der Waals surface area contributed by atoms with Gasteiger partial charge >= 0.3 is 5.97 Å². The number of esters is 1. The van der Waals surface area contributed by atoms with Crippen LogP contribution in [0.25, 0.3) is 0 Å².